The van der Waals surface area contributed by atoms with Crippen LogP contribution in [-0.2, 0) is 28.1 Å². The van der Waals surface area contributed by atoms with Gasteiger partial charge in [-0.1, -0.05) is 0 Å². The van der Waals surface area contributed by atoms with Crippen LogP contribution < -0.4 is 16.4 Å². The maximum atomic E-state index is 11.8. The van der Waals surface area contributed by atoms with Gasteiger partial charge in [-0.2, -0.15) is 4.67 Å². The fourth-order valence-electron chi connectivity index (χ4n) is 1.38. The standard InChI is InChI=1S/C11H22N3O8P/c1-6(9(15)14-7(2)11(17)18)13-10(16)8(12)4-5-23(20,21-3)22-19/h6-8,19H,4-5,12H2,1-3H3,(H,13,16)(H,14,15)(H,17,18). The number of hydrogen-bond donors (Lipinski definition) is 5. The van der Waals surface area contributed by atoms with Crippen molar-refractivity contribution in [2.75, 3.05) is 13.3 Å². The van der Waals surface area contributed by atoms with Crippen LogP contribution in [0.3, 0.4) is 0 Å². The first kappa shape index (κ1) is 21.5. The fraction of sp³-hybridized carbons (Fsp3) is 0.727. The molecule has 0 rings (SSSR count). The first-order chi connectivity index (χ1) is 10.6. The van der Waals surface area contributed by atoms with Crippen molar-refractivity contribution < 1.29 is 38.5 Å². The van der Waals surface area contributed by atoms with Gasteiger partial charge in [0, 0.05) is 7.11 Å². The first-order valence-electron chi connectivity index (χ1n) is 6.63. The fourth-order valence-corrected chi connectivity index (χ4v) is 2.31. The highest BCUT2D eigenvalue weighted by Crippen LogP contribution is 2.46. The number of nitrogens with two attached hydrogens (primary N) is 1. The second kappa shape index (κ2) is 9.58. The lowest BCUT2D eigenvalue weighted by atomic mass is 10.2. The summed E-state index contributed by atoms with van der Waals surface area (Å²) in [5, 5.41) is 21.6. The largest absolute Gasteiger partial charge is 0.480 e. The van der Waals surface area contributed by atoms with E-state index in [9.17, 15) is 18.9 Å². The average Bonchev–Trinajstić information content (AvgIpc) is 2.51. The third kappa shape index (κ3) is 7.53. The Hall–Kier alpha value is -1.52. The van der Waals surface area contributed by atoms with Crippen LogP contribution in [0.5, 0.6) is 0 Å². The zero-order valence-electron chi connectivity index (χ0n) is 13.0. The molecule has 134 valence electrons. The second-order valence-corrected chi connectivity index (χ2v) is 6.99. The van der Waals surface area contributed by atoms with Crippen molar-refractivity contribution in [1.29, 1.82) is 0 Å². The van der Waals surface area contributed by atoms with Gasteiger partial charge in [-0.15, -0.1) is 0 Å². The molecule has 0 heterocycles. The van der Waals surface area contributed by atoms with E-state index in [1.165, 1.54) is 13.8 Å². The van der Waals surface area contributed by atoms with E-state index >= 15 is 0 Å². The highest BCUT2D eigenvalue weighted by Gasteiger charge is 2.27. The predicted molar refractivity (Wildman–Crippen MR) is 78.6 cm³/mol. The van der Waals surface area contributed by atoms with Crippen molar-refractivity contribution in [3.05, 3.63) is 0 Å². The summed E-state index contributed by atoms with van der Waals surface area (Å²) in [6.45, 7) is 2.63. The van der Waals surface area contributed by atoms with Crippen molar-refractivity contribution in [2.45, 2.75) is 38.4 Å². The van der Waals surface area contributed by atoms with Gasteiger partial charge in [0.05, 0.1) is 12.2 Å². The lowest BCUT2D eigenvalue weighted by molar-refractivity contribution is -0.147. The van der Waals surface area contributed by atoms with Crippen LogP contribution in [0.2, 0.25) is 0 Å². The number of carbonyl (C=O) groups excluding carboxylic acids is 2. The Balaban J connectivity index is 4.43. The molecule has 0 aromatic rings. The number of nitrogens with one attached hydrogen (secondary N) is 2. The van der Waals surface area contributed by atoms with Gasteiger partial charge in [-0.3, -0.25) is 18.9 Å². The van der Waals surface area contributed by atoms with Gasteiger partial charge in [-0.05, 0) is 20.3 Å². The third-order valence-electron chi connectivity index (χ3n) is 2.93. The topological polar surface area (TPSA) is 177 Å². The number of carbonyl (C=O) groups is 3. The van der Waals surface area contributed by atoms with E-state index in [0.717, 1.165) is 7.11 Å². The van der Waals surface area contributed by atoms with Crippen molar-refractivity contribution >= 4 is 25.4 Å². The zero-order chi connectivity index (χ0) is 18.2. The van der Waals surface area contributed by atoms with Gasteiger partial charge < -0.3 is 26.0 Å². The summed E-state index contributed by atoms with van der Waals surface area (Å²) in [7, 11) is -2.64. The molecule has 0 fully saturated rings. The predicted octanol–water partition coefficient (Wildman–Crippen LogP) is -0.873. The Bertz CT molecular complexity index is 478. The van der Waals surface area contributed by atoms with E-state index in [1.54, 1.807) is 0 Å². The summed E-state index contributed by atoms with van der Waals surface area (Å²) in [4.78, 5) is 34.1. The second-order valence-electron chi connectivity index (χ2n) is 4.79. The molecule has 0 aliphatic rings. The quantitative estimate of drug-likeness (QED) is 0.189. The molecule has 2 amide bonds. The molecule has 4 atom stereocenters. The molecule has 6 N–H and O–H groups in total. The summed E-state index contributed by atoms with van der Waals surface area (Å²) in [5.74, 6) is -2.62. The molecule has 0 spiro atoms. The maximum absolute atomic E-state index is 11.8. The molecule has 0 aliphatic carbocycles. The molecule has 4 unspecified atom stereocenters. The normalized spacial score (nSPS) is 17.4. The highest BCUT2D eigenvalue weighted by molar-refractivity contribution is 7.53. The van der Waals surface area contributed by atoms with Crippen LogP contribution in [0.4, 0.5) is 0 Å². The van der Waals surface area contributed by atoms with Gasteiger partial charge in [0.25, 0.3) is 0 Å². The third-order valence-corrected chi connectivity index (χ3v) is 4.55. The molecular weight excluding hydrogens is 333 g/mol. The van der Waals surface area contributed by atoms with Crippen LogP contribution in [0.25, 0.3) is 0 Å². The van der Waals surface area contributed by atoms with E-state index in [1.807, 2.05) is 0 Å². The van der Waals surface area contributed by atoms with E-state index < -0.39 is 43.5 Å². The molecule has 23 heavy (non-hydrogen) atoms. The number of aliphatic carboxylic acids is 1. The number of carboxylic acids is 1. The summed E-state index contributed by atoms with van der Waals surface area (Å²) < 4.78 is 19.8. The summed E-state index contributed by atoms with van der Waals surface area (Å²) >= 11 is 0. The van der Waals surface area contributed by atoms with E-state index in [0.29, 0.717) is 0 Å². The van der Waals surface area contributed by atoms with Crippen LogP contribution in [0.1, 0.15) is 20.3 Å². The van der Waals surface area contributed by atoms with Gasteiger partial charge in [0.1, 0.15) is 12.1 Å². The number of hydrogen-bond acceptors (Lipinski definition) is 8. The Morgan fingerprint density at radius 2 is 1.70 bits per heavy atom. The van der Waals surface area contributed by atoms with Crippen molar-refractivity contribution in [1.82, 2.24) is 10.6 Å². The minimum Gasteiger partial charge on any atom is -0.480 e. The Labute approximate surface area is 133 Å². The monoisotopic (exact) mass is 355 g/mol. The van der Waals surface area contributed by atoms with Crippen LogP contribution in [0, 0.1) is 0 Å². The summed E-state index contributed by atoms with van der Waals surface area (Å²) in [5.41, 5.74) is 5.58. The minimum atomic E-state index is -3.71. The maximum Gasteiger partial charge on any atom is 0.357 e. The highest BCUT2D eigenvalue weighted by atomic mass is 31.2. The van der Waals surface area contributed by atoms with E-state index in [-0.39, 0.29) is 12.6 Å². The SMILES string of the molecule is COP(=O)(CCC(N)C(=O)NC(C)C(=O)NC(C)C(=O)O)OO. The van der Waals surface area contributed by atoms with Gasteiger partial charge in [-0.25, -0.2) is 5.26 Å². The number of amides is 2. The van der Waals surface area contributed by atoms with E-state index in [4.69, 9.17) is 16.1 Å². The average molecular weight is 355 g/mol. The molecule has 11 nitrogen and oxygen atoms in total. The first-order valence-corrected chi connectivity index (χ1v) is 8.36. The zero-order valence-corrected chi connectivity index (χ0v) is 13.9. The molecule has 0 aromatic heterocycles. The minimum absolute atomic E-state index is 0.128. The van der Waals surface area contributed by atoms with Crippen molar-refractivity contribution in [3.8, 4) is 0 Å². The lowest BCUT2D eigenvalue weighted by Crippen LogP contribution is -2.52. The summed E-state index contributed by atoms with van der Waals surface area (Å²) in [6.07, 6.45) is -0.428. The van der Waals surface area contributed by atoms with Crippen LogP contribution in [-0.4, -0.2) is 59.5 Å². The molecule has 12 heteroatoms. The van der Waals surface area contributed by atoms with Crippen molar-refractivity contribution in [2.24, 2.45) is 5.73 Å². The number of carboxylic acid groups (broad SMARTS) is 1. The van der Waals surface area contributed by atoms with Gasteiger partial charge in [0.15, 0.2) is 0 Å². The summed E-state index contributed by atoms with van der Waals surface area (Å²) in [6, 6.07) is -3.25. The molecule has 0 aromatic carbocycles. The van der Waals surface area contributed by atoms with Gasteiger partial charge in [0.2, 0.25) is 11.8 Å². The smallest absolute Gasteiger partial charge is 0.357 e. The molecule has 0 saturated carbocycles. The molecule has 0 aliphatic heterocycles. The Kier molecular flexibility index (Phi) is 8.95. The van der Waals surface area contributed by atoms with Gasteiger partial charge >= 0.3 is 13.6 Å². The Morgan fingerprint density at radius 3 is 2.13 bits per heavy atom. The van der Waals surface area contributed by atoms with Crippen molar-refractivity contribution in [3.63, 3.8) is 0 Å². The van der Waals surface area contributed by atoms with Crippen LogP contribution >= 0.6 is 7.60 Å². The molecule has 0 saturated heterocycles. The molecular formula is C11H22N3O8P. The Morgan fingerprint density at radius 1 is 1.17 bits per heavy atom. The number of rotatable bonds is 10. The molecule has 0 radical (unpaired) electrons. The lowest BCUT2D eigenvalue weighted by Gasteiger charge is -2.19. The van der Waals surface area contributed by atoms with Crippen LogP contribution in [0.15, 0.2) is 0 Å². The molecule has 0 bridgehead atoms. The van der Waals surface area contributed by atoms with E-state index in [2.05, 4.69) is 19.8 Å².